The van der Waals surface area contributed by atoms with Crippen LogP contribution in [0.15, 0.2) is 18.3 Å². The number of unbranched alkanes of at least 4 members (excludes halogenated alkanes) is 1. The third-order valence-electron chi connectivity index (χ3n) is 2.80. The zero-order valence-corrected chi connectivity index (χ0v) is 11.3. The lowest BCUT2D eigenvalue weighted by Crippen LogP contribution is -2.17. The number of nitrogens with zero attached hydrogens (tertiary/aromatic N) is 3. The Bertz CT molecular complexity index is 635. The molecule has 3 N–H and O–H groups in total. The van der Waals surface area contributed by atoms with Gasteiger partial charge >= 0.3 is 5.97 Å². The molecule has 0 aliphatic heterocycles. The Balaban J connectivity index is 2.22. The van der Waals surface area contributed by atoms with Crippen LogP contribution in [0.3, 0.4) is 0 Å². The number of nitrogen functional groups attached to an aromatic ring is 1. The summed E-state index contributed by atoms with van der Waals surface area (Å²) in [6, 6.07) is 3.51. The molecule has 0 aliphatic rings. The number of aromatic nitrogens is 3. The van der Waals surface area contributed by atoms with Gasteiger partial charge in [0.15, 0.2) is 5.65 Å². The molecule has 2 rings (SSSR count). The minimum atomic E-state index is -0.372. The van der Waals surface area contributed by atoms with E-state index in [2.05, 4.69) is 10.1 Å². The molecule has 2 aromatic rings. The molecule has 0 spiro atoms. The number of ether oxygens (including phenoxy) is 1. The highest BCUT2D eigenvalue weighted by Crippen LogP contribution is 2.15. The fourth-order valence-corrected chi connectivity index (χ4v) is 1.82. The number of carbonyl (C=O) groups is 1. The van der Waals surface area contributed by atoms with Gasteiger partial charge in [0.25, 0.3) is 0 Å². The number of hydrogen-bond donors (Lipinski definition) is 2. The molecule has 20 heavy (non-hydrogen) atoms. The normalized spacial score (nSPS) is 10.7. The first-order chi connectivity index (χ1) is 9.63. The predicted molar refractivity (Wildman–Crippen MR) is 74.4 cm³/mol. The van der Waals surface area contributed by atoms with Crippen LogP contribution in [0.1, 0.15) is 25.5 Å². The summed E-state index contributed by atoms with van der Waals surface area (Å²) >= 11 is 0. The molecule has 2 aromatic heterocycles. The Kier molecular flexibility index (Phi) is 4.29. The van der Waals surface area contributed by atoms with E-state index in [0.29, 0.717) is 23.3 Å². The highest BCUT2D eigenvalue weighted by Gasteiger charge is 2.15. The smallest absolute Gasteiger partial charge is 0.327 e. The zero-order chi connectivity index (χ0) is 14.5. The van der Waals surface area contributed by atoms with Crippen molar-refractivity contribution in [3.63, 3.8) is 0 Å². The van der Waals surface area contributed by atoms with Gasteiger partial charge in [-0.1, -0.05) is 13.3 Å². The summed E-state index contributed by atoms with van der Waals surface area (Å²) in [7, 11) is 0. The Morgan fingerprint density at radius 2 is 2.35 bits per heavy atom. The molecule has 2 heterocycles. The number of pyridine rings is 1. The van der Waals surface area contributed by atoms with Crippen LogP contribution in [-0.2, 0) is 16.1 Å². The molecule has 0 unspecified atom stereocenters. The third-order valence-corrected chi connectivity index (χ3v) is 2.80. The molecule has 0 amide bonds. The van der Waals surface area contributed by atoms with Crippen LogP contribution in [0.25, 0.3) is 11.0 Å². The molecule has 0 fully saturated rings. The van der Waals surface area contributed by atoms with E-state index in [4.69, 9.17) is 15.9 Å². The molecule has 0 aromatic carbocycles. The summed E-state index contributed by atoms with van der Waals surface area (Å²) in [6.07, 6.45) is 3.41. The van der Waals surface area contributed by atoms with Gasteiger partial charge in [0.2, 0.25) is 0 Å². The Hall–Kier alpha value is -2.44. The van der Waals surface area contributed by atoms with Crippen LogP contribution in [0.4, 0.5) is 0 Å². The lowest BCUT2D eigenvalue weighted by Gasteiger charge is -2.04. The van der Waals surface area contributed by atoms with Crippen molar-refractivity contribution in [1.82, 2.24) is 14.8 Å². The predicted octanol–water partition coefficient (Wildman–Crippen LogP) is 1.06. The first kappa shape index (κ1) is 14.0. The molecular formula is C13H17N5O2. The van der Waals surface area contributed by atoms with Crippen molar-refractivity contribution in [2.75, 3.05) is 6.61 Å². The summed E-state index contributed by atoms with van der Waals surface area (Å²) < 4.78 is 6.51. The van der Waals surface area contributed by atoms with Crippen LogP contribution >= 0.6 is 0 Å². The topological polar surface area (TPSA) is 107 Å². The Morgan fingerprint density at radius 1 is 1.55 bits per heavy atom. The van der Waals surface area contributed by atoms with E-state index in [0.717, 1.165) is 12.8 Å². The van der Waals surface area contributed by atoms with E-state index < -0.39 is 0 Å². The van der Waals surface area contributed by atoms with Gasteiger partial charge in [-0.05, 0) is 18.6 Å². The van der Waals surface area contributed by atoms with Gasteiger partial charge in [0, 0.05) is 6.20 Å². The quantitative estimate of drug-likeness (QED) is 0.355. The molecule has 0 bridgehead atoms. The fraction of sp³-hybridized carbons (Fsp3) is 0.385. The van der Waals surface area contributed by atoms with Crippen LogP contribution in [-0.4, -0.2) is 33.2 Å². The van der Waals surface area contributed by atoms with Gasteiger partial charge in [-0.3, -0.25) is 10.2 Å². The van der Waals surface area contributed by atoms with E-state index in [9.17, 15) is 4.79 Å². The van der Waals surface area contributed by atoms with Crippen LogP contribution < -0.4 is 5.73 Å². The number of amidine groups is 1. The summed E-state index contributed by atoms with van der Waals surface area (Å²) in [6.45, 7) is 2.39. The second kappa shape index (κ2) is 6.14. The average molecular weight is 275 g/mol. The van der Waals surface area contributed by atoms with Crippen molar-refractivity contribution < 1.29 is 9.53 Å². The second-order valence-electron chi connectivity index (χ2n) is 4.37. The van der Waals surface area contributed by atoms with Crippen molar-refractivity contribution in [3.8, 4) is 0 Å². The van der Waals surface area contributed by atoms with E-state index >= 15 is 0 Å². The second-order valence-corrected chi connectivity index (χ2v) is 4.37. The van der Waals surface area contributed by atoms with Crippen molar-refractivity contribution in [3.05, 3.63) is 24.0 Å². The molecule has 7 heteroatoms. The zero-order valence-electron chi connectivity index (χ0n) is 11.3. The van der Waals surface area contributed by atoms with E-state index in [1.807, 2.05) is 6.92 Å². The minimum absolute atomic E-state index is 0.0372. The number of nitrogens with one attached hydrogen (secondary N) is 1. The van der Waals surface area contributed by atoms with E-state index in [-0.39, 0.29) is 18.3 Å². The van der Waals surface area contributed by atoms with Crippen LogP contribution in [0.2, 0.25) is 0 Å². The first-order valence-electron chi connectivity index (χ1n) is 6.45. The van der Waals surface area contributed by atoms with Crippen molar-refractivity contribution in [2.24, 2.45) is 5.73 Å². The van der Waals surface area contributed by atoms with Gasteiger partial charge in [0.05, 0.1) is 12.0 Å². The number of rotatable bonds is 6. The summed E-state index contributed by atoms with van der Waals surface area (Å²) in [5.74, 6) is -0.523. The SMILES string of the molecule is CCCCOC(=O)Cn1nc(C(=N)N)c2cccnc21. The van der Waals surface area contributed by atoms with Gasteiger partial charge in [-0.25, -0.2) is 9.67 Å². The minimum Gasteiger partial charge on any atom is -0.464 e. The standard InChI is InChI=1S/C13H17N5O2/c1-2-3-7-20-10(19)8-18-13-9(5-4-6-16-13)11(17-18)12(14)15/h4-6H,2-3,7-8H2,1H3,(H3,14,15). The molecule has 0 saturated carbocycles. The van der Waals surface area contributed by atoms with Crippen molar-refractivity contribution >= 4 is 22.8 Å². The summed E-state index contributed by atoms with van der Waals surface area (Å²) in [5, 5.41) is 12.3. The number of esters is 1. The maximum atomic E-state index is 11.7. The lowest BCUT2D eigenvalue weighted by atomic mass is 10.2. The van der Waals surface area contributed by atoms with Crippen LogP contribution in [0, 0.1) is 5.41 Å². The molecular weight excluding hydrogens is 258 g/mol. The van der Waals surface area contributed by atoms with Gasteiger partial charge < -0.3 is 10.5 Å². The van der Waals surface area contributed by atoms with Gasteiger partial charge in [0.1, 0.15) is 18.1 Å². The molecule has 0 atom stereocenters. The Labute approximate surface area is 116 Å². The number of fused-ring (bicyclic) bond motifs is 1. The molecule has 0 aliphatic carbocycles. The maximum absolute atomic E-state index is 11.7. The monoisotopic (exact) mass is 275 g/mol. The number of hydrogen-bond acceptors (Lipinski definition) is 5. The highest BCUT2D eigenvalue weighted by molar-refractivity contribution is 6.04. The van der Waals surface area contributed by atoms with Crippen molar-refractivity contribution in [2.45, 2.75) is 26.3 Å². The van der Waals surface area contributed by atoms with Gasteiger partial charge in [-0.2, -0.15) is 5.10 Å². The van der Waals surface area contributed by atoms with E-state index in [1.165, 1.54) is 4.68 Å². The third kappa shape index (κ3) is 2.93. The summed E-state index contributed by atoms with van der Waals surface area (Å²) in [5.41, 5.74) is 6.33. The molecule has 0 radical (unpaired) electrons. The Morgan fingerprint density at radius 3 is 3.05 bits per heavy atom. The largest absolute Gasteiger partial charge is 0.464 e. The average Bonchev–Trinajstić information content (AvgIpc) is 2.78. The first-order valence-corrected chi connectivity index (χ1v) is 6.45. The maximum Gasteiger partial charge on any atom is 0.327 e. The number of carbonyl (C=O) groups excluding carboxylic acids is 1. The molecule has 0 saturated heterocycles. The van der Waals surface area contributed by atoms with Gasteiger partial charge in [-0.15, -0.1) is 0 Å². The molecule has 106 valence electrons. The summed E-state index contributed by atoms with van der Waals surface area (Å²) in [4.78, 5) is 15.9. The highest BCUT2D eigenvalue weighted by atomic mass is 16.5. The van der Waals surface area contributed by atoms with Crippen LogP contribution in [0.5, 0.6) is 0 Å². The van der Waals surface area contributed by atoms with Crippen molar-refractivity contribution in [1.29, 1.82) is 5.41 Å². The van der Waals surface area contributed by atoms with E-state index in [1.54, 1.807) is 18.3 Å². The lowest BCUT2D eigenvalue weighted by molar-refractivity contribution is -0.144. The number of nitrogens with two attached hydrogens (primary N) is 1. The molecule has 7 nitrogen and oxygen atoms in total. The fourth-order valence-electron chi connectivity index (χ4n) is 1.82.